The van der Waals surface area contributed by atoms with Crippen LogP contribution in [0.1, 0.15) is 39.2 Å². The summed E-state index contributed by atoms with van der Waals surface area (Å²) < 4.78 is 13.9. The van der Waals surface area contributed by atoms with Crippen LogP contribution in [-0.2, 0) is 11.3 Å². The molecule has 6 heteroatoms. The number of likely N-dealkylation sites (tertiary alicyclic amines) is 1. The van der Waals surface area contributed by atoms with Crippen molar-refractivity contribution in [2.24, 2.45) is 5.92 Å². The first kappa shape index (κ1) is 24.1. The van der Waals surface area contributed by atoms with Gasteiger partial charge >= 0.3 is 6.09 Å². The van der Waals surface area contributed by atoms with Gasteiger partial charge in [0, 0.05) is 37.8 Å². The Hall–Kier alpha value is -2.99. The van der Waals surface area contributed by atoms with Crippen molar-refractivity contribution >= 4 is 17.0 Å². The van der Waals surface area contributed by atoms with E-state index >= 15 is 0 Å². The summed E-state index contributed by atoms with van der Waals surface area (Å²) in [6.45, 7) is 10.3. The largest absolute Gasteiger partial charge is 0.492 e. The molecule has 6 nitrogen and oxygen atoms in total. The van der Waals surface area contributed by atoms with Gasteiger partial charge in [-0.05, 0) is 69.8 Å². The first-order valence-corrected chi connectivity index (χ1v) is 12.3. The molecule has 0 spiro atoms. The first-order chi connectivity index (χ1) is 16.4. The van der Waals surface area contributed by atoms with Crippen LogP contribution in [0.3, 0.4) is 0 Å². The van der Waals surface area contributed by atoms with Crippen LogP contribution in [0.4, 0.5) is 4.79 Å². The maximum Gasteiger partial charge on any atom is 0.410 e. The minimum atomic E-state index is -0.453. The summed E-state index contributed by atoms with van der Waals surface area (Å²) in [6, 6.07) is 18.9. The molecule has 2 aromatic carbocycles. The number of nitrogens with zero attached hydrogens (tertiary/aromatic N) is 2. The molecule has 1 amide bonds. The minimum Gasteiger partial charge on any atom is -0.492 e. The van der Waals surface area contributed by atoms with E-state index in [1.54, 1.807) is 0 Å². The number of ether oxygens (including phenoxy) is 2. The second kappa shape index (κ2) is 11.0. The molecule has 34 heavy (non-hydrogen) atoms. The number of amides is 1. The average Bonchev–Trinajstić information content (AvgIpc) is 3.22. The van der Waals surface area contributed by atoms with E-state index in [0.717, 1.165) is 56.7 Å². The molecule has 0 radical (unpaired) electrons. The van der Waals surface area contributed by atoms with Gasteiger partial charge in [0.05, 0.1) is 5.52 Å². The molecule has 0 unspecified atom stereocenters. The van der Waals surface area contributed by atoms with Gasteiger partial charge in [0.2, 0.25) is 0 Å². The van der Waals surface area contributed by atoms with E-state index in [1.165, 1.54) is 11.1 Å². The van der Waals surface area contributed by atoms with Crippen LogP contribution in [-0.4, -0.2) is 53.9 Å². The molecule has 0 bridgehead atoms. The number of benzene rings is 2. The second-order valence-corrected chi connectivity index (χ2v) is 10.1. The maximum atomic E-state index is 12.4. The van der Waals surface area contributed by atoms with Crippen molar-refractivity contribution in [1.29, 1.82) is 0 Å². The van der Waals surface area contributed by atoms with Gasteiger partial charge in [-0.3, -0.25) is 0 Å². The molecule has 0 aliphatic carbocycles. The standard InChI is InChI=1S/C28H37N3O3/c1-28(2,3)34-27(32)31-16-8-11-23(21-31)19-29-15-18-33-26-13-7-12-25-24(26)14-17-30(25)20-22-9-5-4-6-10-22/h4-7,9-10,12-14,17,23,29H,8,11,15-16,18-21H2,1-3H3/t23-/m1/s1. The quantitative estimate of drug-likeness (QED) is 0.460. The third-order valence-corrected chi connectivity index (χ3v) is 6.11. The Morgan fingerprint density at radius 3 is 2.71 bits per heavy atom. The van der Waals surface area contributed by atoms with Crippen molar-refractivity contribution in [3.63, 3.8) is 0 Å². The van der Waals surface area contributed by atoms with Gasteiger partial charge in [0.25, 0.3) is 0 Å². The number of piperidine rings is 1. The number of aromatic nitrogens is 1. The van der Waals surface area contributed by atoms with Crippen molar-refractivity contribution in [2.45, 2.75) is 45.8 Å². The number of hydrogen-bond donors (Lipinski definition) is 1. The molecular formula is C28H37N3O3. The molecule has 1 aliphatic heterocycles. The lowest BCUT2D eigenvalue weighted by atomic mass is 9.98. The van der Waals surface area contributed by atoms with Gasteiger partial charge in [0.1, 0.15) is 18.0 Å². The Morgan fingerprint density at radius 2 is 1.91 bits per heavy atom. The fourth-order valence-corrected chi connectivity index (χ4v) is 4.50. The zero-order valence-corrected chi connectivity index (χ0v) is 20.6. The highest BCUT2D eigenvalue weighted by atomic mass is 16.6. The molecule has 2 heterocycles. The smallest absolute Gasteiger partial charge is 0.410 e. The number of carbonyl (C=O) groups excluding carboxylic acids is 1. The summed E-state index contributed by atoms with van der Waals surface area (Å²) in [4.78, 5) is 14.2. The van der Waals surface area contributed by atoms with E-state index in [0.29, 0.717) is 12.5 Å². The molecule has 0 saturated carbocycles. The molecule has 1 aliphatic rings. The molecule has 182 valence electrons. The Labute approximate surface area is 202 Å². The van der Waals surface area contributed by atoms with Gasteiger partial charge in [-0.15, -0.1) is 0 Å². The Balaban J connectivity index is 1.23. The van der Waals surface area contributed by atoms with Gasteiger partial charge in [-0.25, -0.2) is 4.79 Å². The van der Waals surface area contributed by atoms with E-state index in [1.807, 2.05) is 37.8 Å². The Bertz CT molecular complexity index is 1070. The fraction of sp³-hybridized carbons (Fsp3) is 0.464. The fourth-order valence-electron chi connectivity index (χ4n) is 4.50. The van der Waals surface area contributed by atoms with Crippen LogP contribution >= 0.6 is 0 Å². The summed E-state index contributed by atoms with van der Waals surface area (Å²) in [7, 11) is 0. The predicted octanol–water partition coefficient (Wildman–Crippen LogP) is 5.31. The van der Waals surface area contributed by atoms with E-state index in [-0.39, 0.29) is 6.09 Å². The molecule has 1 N–H and O–H groups in total. The minimum absolute atomic E-state index is 0.201. The summed E-state index contributed by atoms with van der Waals surface area (Å²) in [6.07, 6.45) is 4.07. The third kappa shape index (κ3) is 6.54. The van der Waals surface area contributed by atoms with Crippen LogP contribution in [0.2, 0.25) is 0 Å². The van der Waals surface area contributed by atoms with E-state index in [9.17, 15) is 4.79 Å². The van der Waals surface area contributed by atoms with E-state index in [4.69, 9.17) is 9.47 Å². The van der Waals surface area contributed by atoms with E-state index in [2.05, 4.69) is 58.5 Å². The van der Waals surface area contributed by atoms with Gasteiger partial charge in [-0.1, -0.05) is 36.4 Å². The third-order valence-electron chi connectivity index (χ3n) is 6.11. The highest BCUT2D eigenvalue weighted by Crippen LogP contribution is 2.27. The van der Waals surface area contributed by atoms with Crippen molar-refractivity contribution < 1.29 is 14.3 Å². The van der Waals surface area contributed by atoms with Crippen molar-refractivity contribution in [3.05, 3.63) is 66.4 Å². The van der Waals surface area contributed by atoms with Crippen molar-refractivity contribution in [3.8, 4) is 5.75 Å². The molecule has 1 aromatic heterocycles. The van der Waals surface area contributed by atoms with Gasteiger partial charge in [-0.2, -0.15) is 0 Å². The highest BCUT2D eigenvalue weighted by molar-refractivity contribution is 5.86. The Morgan fingerprint density at radius 1 is 1.09 bits per heavy atom. The van der Waals surface area contributed by atoms with Crippen LogP contribution < -0.4 is 10.1 Å². The SMILES string of the molecule is CC(C)(C)OC(=O)N1CCC[C@H](CNCCOc2cccc3c2ccn3Cc2ccccc2)C1. The molecule has 4 rings (SSSR count). The number of fused-ring (bicyclic) bond motifs is 1. The molecular weight excluding hydrogens is 426 g/mol. The van der Waals surface area contributed by atoms with Crippen molar-refractivity contribution in [2.75, 3.05) is 32.8 Å². The zero-order valence-electron chi connectivity index (χ0n) is 20.6. The first-order valence-electron chi connectivity index (χ1n) is 12.3. The molecule has 1 atom stereocenters. The number of hydrogen-bond acceptors (Lipinski definition) is 4. The lowest BCUT2D eigenvalue weighted by Crippen LogP contribution is -2.45. The average molecular weight is 464 g/mol. The lowest BCUT2D eigenvalue weighted by molar-refractivity contribution is 0.0166. The van der Waals surface area contributed by atoms with Crippen molar-refractivity contribution in [1.82, 2.24) is 14.8 Å². The van der Waals surface area contributed by atoms with Gasteiger partial charge < -0.3 is 24.3 Å². The van der Waals surface area contributed by atoms with Gasteiger partial charge in [0.15, 0.2) is 0 Å². The van der Waals surface area contributed by atoms with Crippen LogP contribution in [0.15, 0.2) is 60.8 Å². The summed E-state index contributed by atoms with van der Waals surface area (Å²) >= 11 is 0. The van der Waals surface area contributed by atoms with Crippen LogP contribution in [0, 0.1) is 5.92 Å². The monoisotopic (exact) mass is 463 g/mol. The summed E-state index contributed by atoms with van der Waals surface area (Å²) in [5.74, 6) is 1.36. The second-order valence-electron chi connectivity index (χ2n) is 10.1. The molecule has 1 saturated heterocycles. The number of carbonyl (C=O) groups is 1. The van der Waals surface area contributed by atoms with E-state index < -0.39 is 5.60 Å². The van der Waals surface area contributed by atoms with Crippen LogP contribution in [0.5, 0.6) is 5.75 Å². The summed E-state index contributed by atoms with van der Waals surface area (Å²) in [5, 5.41) is 4.65. The molecule has 3 aromatic rings. The number of rotatable bonds is 8. The normalized spacial score (nSPS) is 16.6. The maximum absolute atomic E-state index is 12.4. The molecule has 1 fully saturated rings. The zero-order chi connectivity index (χ0) is 24.0. The lowest BCUT2D eigenvalue weighted by Gasteiger charge is -2.34. The highest BCUT2D eigenvalue weighted by Gasteiger charge is 2.27. The Kier molecular flexibility index (Phi) is 7.78. The topological polar surface area (TPSA) is 55.7 Å². The summed E-state index contributed by atoms with van der Waals surface area (Å²) in [5.41, 5.74) is 2.01. The predicted molar refractivity (Wildman–Crippen MR) is 136 cm³/mol. The number of nitrogens with one attached hydrogen (secondary N) is 1. The van der Waals surface area contributed by atoms with Crippen LogP contribution in [0.25, 0.3) is 10.9 Å².